The zero-order valence-electron chi connectivity index (χ0n) is 10.9. The van der Waals surface area contributed by atoms with Gasteiger partial charge in [-0.15, -0.1) is 0 Å². The SMILES string of the molecule is CCCN(c1ccc(N)cc1)S(=O)(=O)CS(C)(=O)=O. The summed E-state index contributed by atoms with van der Waals surface area (Å²) in [6, 6.07) is 6.28. The van der Waals surface area contributed by atoms with Crippen LogP contribution in [-0.2, 0) is 19.9 Å². The van der Waals surface area contributed by atoms with Crippen LogP contribution in [-0.4, -0.2) is 34.7 Å². The van der Waals surface area contributed by atoms with E-state index in [1.165, 1.54) is 0 Å². The molecule has 0 radical (unpaired) electrons. The van der Waals surface area contributed by atoms with Gasteiger partial charge in [-0.1, -0.05) is 6.92 Å². The average Bonchev–Trinajstić information content (AvgIpc) is 2.24. The molecule has 1 aromatic carbocycles. The molecular formula is C11H18N2O4S2. The second-order valence-electron chi connectivity index (χ2n) is 4.32. The van der Waals surface area contributed by atoms with Crippen LogP contribution < -0.4 is 10.0 Å². The number of rotatable bonds is 6. The summed E-state index contributed by atoms with van der Waals surface area (Å²) in [7, 11) is -7.52. The molecule has 1 rings (SSSR count). The van der Waals surface area contributed by atoms with Crippen molar-refractivity contribution in [2.45, 2.75) is 13.3 Å². The van der Waals surface area contributed by atoms with Crippen molar-refractivity contribution in [1.82, 2.24) is 0 Å². The van der Waals surface area contributed by atoms with Gasteiger partial charge in [-0.05, 0) is 30.7 Å². The van der Waals surface area contributed by atoms with Gasteiger partial charge in [0, 0.05) is 18.5 Å². The van der Waals surface area contributed by atoms with Gasteiger partial charge in [-0.25, -0.2) is 16.8 Å². The lowest BCUT2D eigenvalue weighted by molar-refractivity contribution is 0.587. The van der Waals surface area contributed by atoms with E-state index in [0.29, 0.717) is 17.8 Å². The summed E-state index contributed by atoms with van der Waals surface area (Å²) in [6.07, 6.45) is 1.48. The Kier molecular flexibility index (Phi) is 4.81. The highest BCUT2D eigenvalue weighted by Gasteiger charge is 2.26. The summed E-state index contributed by atoms with van der Waals surface area (Å²) >= 11 is 0. The van der Waals surface area contributed by atoms with Crippen LogP contribution in [0, 0.1) is 0 Å². The molecule has 0 spiro atoms. The van der Waals surface area contributed by atoms with Gasteiger partial charge in [-0.3, -0.25) is 4.31 Å². The van der Waals surface area contributed by atoms with Crippen molar-refractivity contribution in [2.75, 3.05) is 27.9 Å². The first-order valence-corrected chi connectivity index (χ1v) is 9.36. The summed E-state index contributed by atoms with van der Waals surface area (Å²) < 4.78 is 47.8. The van der Waals surface area contributed by atoms with Gasteiger partial charge < -0.3 is 5.73 Å². The van der Waals surface area contributed by atoms with E-state index in [-0.39, 0.29) is 6.54 Å². The Labute approximate surface area is 114 Å². The van der Waals surface area contributed by atoms with Gasteiger partial charge in [0.1, 0.15) is 0 Å². The highest BCUT2D eigenvalue weighted by Crippen LogP contribution is 2.21. The molecule has 19 heavy (non-hydrogen) atoms. The monoisotopic (exact) mass is 306 g/mol. The molecule has 8 heteroatoms. The Morgan fingerprint density at radius 1 is 1.11 bits per heavy atom. The number of hydrogen-bond acceptors (Lipinski definition) is 5. The molecule has 0 aliphatic heterocycles. The van der Waals surface area contributed by atoms with Crippen molar-refractivity contribution in [3.63, 3.8) is 0 Å². The molecule has 6 nitrogen and oxygen atoms in total. The van der Waals surface area contributed by atoms with E-state index < -0.39 is 24.9 Å². The fourth-order valence-electron chi connectivity index (χ4n) is 1.61. The summed E-state index contributed by atoms with van der Waals surface area (Å²) in [5.74, 6) is 0. The van der Waals surface area contributed by atoms with E-state index in [1.54, 1.807) is 24.3 Å². The fourth-order valence-corrected chi connectivity index (χ4v) is 5.18. The van der Waals surface area contributed by atoms with E-state index >= 15 is 0 Å². The summed E-state index contributed by atoms with van der Waals surface area (Å²) in [4.78, 5) is 0. The van der Waals surface area contributed by atoms with Gasteiger partial charge in [0.25, 0.3) is 0 Å². The van der Waals surface area contributed by atoms with E-state index in [9.17, 15) is 16.8 Å². The van der Waals surface area contributed by atoms with Crippen LogP contribution in [0.3, 0.4) is 0 Å². The second kappa shape index (κ2) is 5.79. The number of hydrogen-bond donors (Lipinski definition) is 1. The number of nitrogen functional groups attached to an aromatic ring is 1. The zero-order chi connectivity index (χ0) is 14.7. The van der Waals surface area contributed by atoms with Gasteiger partial charge in [0.05, 0.1) is 5.69 Å². The first-order valence-electron chi connectivity index (χ1n) is 5.69. The molecule has 1 aromatic rings. The van der Waals surface area contributed by atoms with Crippen LogP contribution in [0.25, 0.3) is 0 Å². The van der Waals surface area contributed by atoms with Gasteiger partial charge in [0.15, 0.2) is 14.9 Å². The van der Waals surface area contributed by atoms with E-state index in [1.807, 2.05) is 6.92 Å². The largest absolute Gasteiger partial charge is 0.399 e. The minimum Gasteiger partial charge on any atom is -0.399 e. The standard InChI is InChI=1S/C11H18N2O4S2/c1-3-8-13(11-6-4-10(12)5-7-11)19(16,17)9-18(2,14)15/h4-7H,3,8-9,12H2,1-2H3. The van der Waals surface area contributed by atoms with E-state index in [0.717, 1.165) is 10.6 Å². The Hall–Kier alpha value is -1.28. The van der Waals surface area contributed by atoms with Crippen LogP contribution in [0.1, 0.15) is 13.3 Å². The predicted octanol–water partition coefficient (Wildman–Crippen LogP) is 0.817. The smallest absolute Gasteiger partial charge is 0.249 e. The number of sulfonamides is 1. The molecular weight excluding hydrogens is 288 g/mol. The maximum absolute atomic E-state index is 12.1. The van der Waals surface area contributed by atoms with Crippen molar-refractivity contribution in [3.05, 3.63) is 24.3 Å². The summed E-state index contributed by atoms with van der Waals surface area (Å²) in [5.41, 5.74) is 6.48. The zero-order valence-corrected chi connectivity index (χ0v) is 12.5. The van der Waals surface area contributed by atoms with Crippen molar-refractivity contribution in [2.24, 2.45) is 0 Å². The minimum atomic E-state index is -3.90. The lowest BCUT2D eigenvalue weighted by Crippen LogP contribution is -2.35. The van der Waals surface area contributed by atoms with Crippen molar-refractivity contribution >= 4 is 31.2 Å². The average molecular weight is 306 g/mol. The Balaban J connectivity index is 3.17. The van der Waals surface area contributed by atoms with Crippen LogP contribution in [0.2, 0.25) is 0 Å². The molecule has 2 N–H and O–H groups in total. The third-order valence-electron chi connectivity index (χ3n) is 2.31. The number of benzene rings is 1. The van der Waals surface area contributed by atoms with Gasteiger partial charge in [-0.2, -0.15) is 0 Å². The van der Waals surface area contributed by atoms with Crippen molar-refractivity contribution < 1.29 is 16.8 Å². The molecule has 108 valence electrons. The molecule has 0 aliphatic carbocycles. The highest BCUT2D eigenvalue weighted by atomic mass is 32.3. The molecule has 0 saturated heterocycles. The lowest BCUT2D eigenvalue weighted by Gasteiger charge is -2.23. The molecule has 0 fully saturated rings. The van der Waals surface area contributed by atoms with E-state index in [2.05, 4.69) is 0 Å². The highest BCUT2D eigenvalue weighted by molar-refractivity contribution is 8.08. The van der Waals surface area contributed by atoms with Gasteiger partial charge in [0.2, 0.25) is 10.0 Å². The third-order valence-corrected chi connectivity index (χ3v) is 6.28. The topological polar surface area (TPSA) is 97.5 Å². The first kappa shape index (κ1) is 15.8. The Bertz CT molecular complexity index is 621. The van der Waals surface area contributed by atoms with E-state index in [4.69, 9.17) is 5.73 Å². The van der Waals surface area contributed by atoms with Crippen LogP contribution in [0.5, 0.6) is 0 Å². The molecule has 0 aromatic heterocycles. The Morgan fingerprint density at radius 2 is 1.63 bits per heavy atom. The maximum Gasteiger partial charge on any atom is 0.249 e. The molecule has 0 aliphatic rings. The van der Waals surface area contributed by atoms with Gasteiger partial charge >= 0.3 is 0 Å². The quantitative estimate of drug-likeness (QED) is 0.785. The minimum absolute atomic E-state index is 0.224. The lowest BCUT2D eigenvalue weighted by atomic mass is 10.3. The second-order valence-corrected chi connectivity index (χ2v) is 8.72. The summed E-state index contributed by atoms with van der Waals surface area (Å²) in [5, 5.41) is -0.898. The number of sulfone groups is 1. The first-order chi connectivity index (χ1) is 8.65. The molecule has 0 unspecified atom stereocenters. The number of anilines is 2. The molecule has 0 saturated carbocycles. The predicted molar refractivity (Wildman–Crippen MR) is 77.1 cm³/mol. The third kappa shape index (κ3) is 4.71. The fraction of sp³-hybridized carbons (Fsp3) is 0.455. The van der Waals surface area contributed by atoms with Crippen molar-refractivity contribution in [1.29, 1.82) is 0 Å². The summed E-state index contributed by atoms with van der Waals surface area (Å²) in [6.45, 7) is 2.04. The number of nitrogens with two attached hydrogens (primary N) is 1. The molecule has 0 amide bonds. The molecule has 0 heterocycles. The molecule has 0 bridgehead atoms. The van der Waals surface area contributed by atoms with Crippen LogP contribution in [0.4, 0.5) is 11.4 Å². The maximum atomic E-state index is 12.1. The van der Waals surface area contributed by atoms with Crippen LogP contribution >= 0.6 is 0 Å². The van der Waals surface area contributed by atoms with Crippen LogP contribution in [0.15, 0.2) is 24.3 Å². The molecule has 0 atom stereocenters. The normalized spacial score (nSPS) is 12.3. The Morgan fingerprint density at radius 3 is 2.05 bits per heavy atom. The number of nitrogens with zero attached hydrogens (tertiary/aromatic N) is 1. The van der Waals surface area contributed by atoms with Crippen molar-refractivity contribution in [3.8, 4) is 0 Å².